The number of nitro benzene ring substituents is 1. The van der Waals surface area contributed by atoms with Gasteiger partial charge in [0.15, 0.2) is 0 Å². The molecule has 0 spiro atoms. The standard InChI is InChI=1S/C20H15N3O4S/c24-20(22-16-5-2-1-3-6-16)27-18-11-9-15(10-12-18)14-21-28-19-8-4-7-17(13-19)23(25)26/h1-14H,(H,22,24)/b21-14+. The molecule has 0 atom stereocenters. The lowest BCUT2D eigenvalue weighted by Crippen LogP contribution is -2.16. The minimum Gasteiger partial charge on any atom is -0.410 e. The van der Waals surface area contributed by atoms with E-state index in [4.69, 9.17) is 4.74 Å². The molecule has 0 aliphatic heterocycles. The Labute approximate surface area is 165 Å². The van der Waals surface area contributed by atoms with E-state index in [1.54, 1.807) is 54.7 Å². The molecule has 0 fully saturated rings. The first-order valence-corrected chi connectivity index (χ1v) is 8.96. The molecule has 8 heteroatoms. The maximum Gasteiger partial charge on any atom is 0.417 e. The molecule has 0 radical (unpaired) electrons. The Morgan fingerprint density at radius 2 is 1.79 bits per heavy atom. The topological polar surface area (TPSA) is 93.8 Å². The van der Waals surface area contributed by atoms with E-state index in [1.807, 2.05) is 18.2 Å². The molecule has 0 aromatic heterocycles. The number of nitrogens with one attached hydrogen (secondary N) is 1. The third-order valence-electron chi connectivity index (χ3n) is 3.50. The number of hydrogen-bond donors (Lipinski definition) is 1. The van der Waals surface area contributed by atoms with Crippen LogP contribution in [0.1, 0.15) is 5.56 Å². The van der Waals surface area contributed by atoms with Gasteiger partial charge in [-0.05, 0) is 48.0 Å². The highest BCUT2D eigenvalue weighted by Crippen LogP contribution is 2.23. The van der Waals surface area contributed by atoms with Crippen molar-refractivity contribution in [1.29, 1.82) is 0 Å². The van der Waals surface area contributed by atoms with Gasteiger partial charge in [-0.3, -0.25) is 15.4 Å². The SMILES string of the molecule is O=C(Nc1ccccc1)Oc1ccc(/C=N/Sc2cccc([N+](=O)[O-])c2)cc1. The first-order valence-electron chi connectivity index (χ1n) is 8.19. The Hall–Kier alpha value is -3.65. The van der Waals surface area contributed by atoms with E-state index in [-0.39, 0.29) is 5.69 Å². The molecule has 3 aromatic carbocycles. The first-order chi connectivity index (χ1) is 13.6. The predicted octanol–water partition coefficient (Wildman–Crippen LogP) is 5.33. The second-order valence-corrected chi connectivity index (χ2v) is 6.39. The van der Waals surface area contributed by atoms with Crippen molar-refractivity contribution in [2.45, 2.75) is 4.90 Å². The molecule has 0 bridgehead atoms. The molecule has 0 aliphatic rings. The van der Waals surface area contributed by atoms with Gasteiger partial charge in [0.2, 0.25) is 0 Å². The first kappa shape index (κ1) is 19.1. The molecule has 0 unspecified atom stereocenters. The number of benzene rings is 3. The number of carbonyl (C=O) groups excluding carboxylic acids is 1. The predicted molar refractivity (Wildman–Crippen MR) is 109 cm³/mol. The van der Waals surface area contributed by atoms with Gasteiger partial charge in [0.1, 0.15) is 5.75 Å². The van der Waals surface area contributed by atoms with Crippen molar-refractivity contribution in [3.63, 3.8) is 0 Å². The fourth-order valence-electron chi connectivity index (χ4n) is 2.20. The zero-order valence-corrected chi connectivity index (χ0v) is 15.3. The van der Waals surface area contributed by atoms with E-state index in [1.165, 1.54) is 12.1 Å². The van der Waals surface area contributed by atoms with Crippen molar-refractivity contribution < 1.29 is 14.5 Å². The maximum atomic E-state index is 11.9. The zero-order valence-electron chi connectivity index (χ0n) is 14.5. The summed E-state index contributed by atoms with van der Waals surface area (Å²) >= 11 is 1.13. The molecule has 1 N–H and O–H groups in total. The largest absolute Gasteiger partial charge is 0.417 e. The Bertz CT molecular complexity index is 992. The highest BCUT2D eigenvalue weighted by Gasteiger charge is 2.06. The number of non-ortho nitro benzene ring substituents is 1. The molecule has 28 heavy (non-hydrogen) atoms. The van der Waals surface area contributed by atoms with Crippen LogP contribution in [0.4, 0.5) is 16.2 Å². The normalized spacial score (nSPS) is 10.6. The van der Waals surface area contributed by atoms with Gasteiger partial charge in [-0.2, -0.15) is 0 Å². The second kappa shape index (κ2) is 9.33. The number of ether oxygens (including phenoxy) is 1. The van der Waals surface area contributed by atoms with E-state index in [0.29, 0.717) is 16.3 Å². The van der Waals surface area contributed by atoms with Crippen LogP contribution < -0.4 is 10.1 Å². The Balaban J connectivity index is 1.54. The number of carbonyl (C=O) groups is 1. The van der Waals surface area contributed by atoms with Gasteiger partial charge in [-0.15, -0.1) is 0 Å². The van der Waals surface area contributed by atoms with Gasteiger partial charge in [0.25, 0.3) is 5.69 Å². The fraction of sp³-hybridized carbons (Fsp3) is 0. The van der Waals surface area contributed by atoms with Crippen LogP contribution in [-0.2, 0) is 0 Å². The number of para-hydroxylation sites is 1. The monoisotopic (exact) mass is 393 g/mol. The van der Waals surface area contributed by atoms with Crippen LogP contribution in [0.3, 0.4) is 0 Å². The summed E-state index contributed by atoms with van der Waals surface area (Å²) in [4.78, 5) is 22.9. The van der Waals surface area contributed by atoms with Gasteiger partial charge in [-0.25, -0.2) is 9.19 Å². The van der Waals surface area contributed by atoms with E-state index >= 15 is 0 Å². The van der Waals surface area contributed by atoms with Crippen LogP contribution in [0.2, 0.25) is 0 Å². The molecule has 1 amide bonds. The lowest BCUT2D eigenvalue weighted by Gasteiger charge is -2.06. The quantitative estimate of drug-likeness (QED) is 0.264. The third-order valence-corrected chi connectivity index (χ3v) is 4.17. The van der Waals surface area contributed by atoms with E-state index in [9.17, 15) is 14.9 Å². The van der Waals surface area contributed by atoms with E-state index in [2.05, 4.69) is 9.71 Å². The lowest BCUT2D eigenvalue weighted by molar-refractivity contribution is -0.385. The molecule has 0 saturated carbocycles. The van der Waals surface area contributed by atoms with Crippen LogP contribution >= 0.6 is 11.9 Å². The van der Waals surface area contributed by atoms with Crippen LogP contribution in [0.15, 0.2) is 88.2 Å². The van der Waals surface area contributed by atoms with Crippen molar-refractivity contribution in [3.8, 4) is 5.75 Å². The van der Waals surface area contributed by atoms with Crippen molar-refractivity contribution in [1.82, 2.24) is 0 Å². The minimum absolute atomic E-state index is 0.0236. The molecule has 3 rings (SSSR count). The Morgan fingerprint density at radius 1 is 1.04 bits per heavy atom. The summed E-state index contributed by atoms with van der Waals surface area (Å²) in [6.45, 7) is 0. The maximum absolute atomic E-state index is 11.9. The molecular weight excluding hydrogens is 378 g/mol. The van der Waals surface area contributed by atoms with Crippen LogP contribution in [-0.4, -0.2) is 17.2 Å². The number of anilines is 1. The molecule has 7 nitrogen and oxygen atoms in total. The van der Waals surface area contributed by atoms with Gasteiger partial charge < -0.3 is 4.74 Å². The average molecular weight is 393 g/mol. The summed E-state index contributed by atoms with van der Waals surface area (Å²) in [6, 6.07) is 22.1. The second-order valence-electron chi connectivity index (χ2n) is 5.53. The number of nitro groups is 1. The van der Waals surface area contributed by atoms with Gasteiger partial charge in [-0.1, -0.05) is 24.3 Å². The number of rotatable bonds is 6. The Kier molecular flexibility index (Phi) is 6.37. The smallest absolute Gasteiger partial charge is 0.410 e. The molecule has 3 aromatic rings. The number of nitrogens with zero attached hydrogens (tertiary/aromatic N) is 2. The summed E-state index contributed by atoms with van der Waals surface area (Å²) in [5.41, 5.74) is 1.47. The Morgan fingerprint density at radius 3 is 2.50 bits per heavy atom. The summed E-state index contributed by atoms with van der Waals surface area (Å²) in [5.74, 6) is 0.400. The molecular formula is C20H15N3O4S. The summed E-state index contributed by atoms with van der Waals surface area (Å²) < 4.78 is 9.43. The zero-order chi connectivity index (χ0) is 19.8. The average Bonchev–Trinajstić information content (AvgIpc) is 2.70. The summed E-state index contributed by atoms with van der Waals surface area (Å²) in [6.07, 6.45) is 1.05. The molecule has 140 valence electrons. The summed E-state index contributed by atoms with van der Waals surface area (Å²) in [7, 11) is 0. The van der Waals surface area contributed by atoms with Crippen molar-refractivity contribution in [2.75, 3.05) is 5.32 Å². The summed E-state index contributed by atoms with van der Waals surface area (Å²) in [5, 5.41) is 13.4. The van der Waals surface area contributed by atoms with Crippen molar-refractivity contribution in [2.24, 2.45) is 4.40 Å². The van der Waals surface area contributed by atoms with Crippen molar-refractivity contribution in [3.05, 3.63) is 94.5 Å². The van der Waals surface area contributed by atoms with E-state index < -0.39 is 11.0 Å². The number of hydrogen-bond acceptors (Lipinski definition) is 6. The van der Waals surface area contributed by atoms with Gasteiger partial charge in [0.05, 0.1) is 4.92 Å². The van der Waals surface area contributed by atoms with Crippen molar-refractivity contribution >= 4 is 35.6 Å². The molecule has 0 heterocycles. The van der Waals surface area contributed by atoms with Gasteiger partial charge >= 0.3 is 6.09 Å². The fourth-order valence-corrected chi connectivity index (χ4v) is 2.80. The van der Waals surface area contributed by atoms with Gasteiger partial charge in [0, 0.05) is 40.9 Å². The molecule has 0 aliphatic carbocycles. The molecule has 0 saturated heterocycles. The number of amides is 1. The highest BCUT2D eigenvalue weighted by atomic mass is 32.2. The minimum atomic E-state index is -0.575. The third kappa shape index (κ3) is 5.68. The lowest BCUT2D eigenvalue weighted by atomic mass is 10.2. The van der Waals surface area contributed by atoms with Crippen LogP contribution in [0, 0.1) is 10.1 Å². The van der Waals surface area contributed by atoms with Crippen LogP contribution in [0.5, 0.6) is 5.75 Å². The van der Waals surface area contributed by atoms with Crippen LogP contribution in [0.25, 0.3) is 0 Å². The highest BCUT2D eigenvalue weighted by molar-refractivity contribution is 7.98. The van der Waals surface area contributed by atoms with E-state index in [0.717, 1.165) is 17.5 Å².